The summed E-state index contributed by atoms with van der Waals surface area (Å²) in [6, 6.07) is 15.3. The maximum absolute atomic E-state index is 12.9. The molecule has 0 unspecified atom stereocenters. The number of urea groups is 1. The normalized spacial score (nSPS) is 19.2. The molecule has 2 aromatic rings. The standard InChI is InChI=1S/C22H23N3O5/c1-22(16-5-9-18(29-2)10-6-16)20(27)25(21(28)24-22)13-17(26)14-30-19-7-3-15(4-8-19)11-12-23/h3-10,17,26H,11,13-14H2,1-2H3,(H,24,28)/t17-,22+/m1/s1. The summed E-state index contributed by atoms with van der Waals surface area (Å²) in [5, 5.41) is 21.7. The van der Waals surface area contributed by atoms with E-state index in [1.165, 1.54) is 0 Å². The topological polar surface area (TPSA) is 112 Å². The maximum atomic E-state index is 12.9. The van der Waals surface area contributed by atoms with Crippen molar-refractivity contribution in [2.24, 2.45) is 0 Å². The molecule has 8 heteroatoms. The number of hydrogen-bond donors (Lipinski definition) is 2. The molecule has 0 aliphatic carbocycles. The second-order valence-electron chi connectivity index (χ2n) is 7.14. The lowest BCUT2D eigenvalue weighted by Crippen LogP contribution is -2.42. The van der Waals surface area contributed by atoms with Crippen LogP contribution >= 0.6 is 0 Å². The van der Waals surface area contributed by atoms with Crippen molar-refractivity contribution < 1.29 is 24.2 Å². The van der Waals surface area contributed by atoms with Gasteiger partial charge in [-0.15, -0.1) is 0 Å². The van der Waals surface area contributed by atoms with Crippen LogP contribution in [-0.2, 0) is 16.8 Å². The predicted molar refractivity (Wildman–Crippen MR) is 108 cm³/mol. The van der Waals surface area contributed by atoms with E-state index in [0.717, 1.165) is 10.5 Å². The monoisotopic (exact) mass is 409 g/mol. The zero-order valence-electron chi connectivity index (χ0n) is 16.8. The largest absolute Gasteiger partial charge is 0.497 e. The molecule has 156 valence electrons. The van der Waals surface area contributed by atoms with Crippen molar-refractivity contribution in [2.45, 2.75) is 25.0 Å². The van der Waals surface area contributed by atoms with Crippen LogP contribution in [0.1, 0.15) is 18.1 Å². The Labute approximate surface area is 174 Å². The lowest BCUT2D eigenvalue weighted by Gasteiger charge is -2.23. The molecule has 2 aromatic carbocycles. The third-order valence-corrected chi connectivity index (χ3v) is 4.98. The van der Waals surface area contributed by atoms with E-state index in [1.54, 1.807) is 62.6 Å². The van der Waals surface area contributed by atoms with Crippen molar-refractivity contribution in [2.75, 3.05) is 20.3 Å². The lowest BCUT2D eigenvalue weighted by atomic mass is 9.92. The van der Waals surface area contributed by atoms with Crippen molar-refractivity contribution in [3.63, 3.8) is 0 Å². The summed E-state index contributed by atoms with van der Waals surface area (Å²) < 4.78 is 10.7. The number of aliphatic hydroxyl groups excluding tert-OH is 1. The molecule has 3 rings (SSSR count). The molecule has 8 nitrogen and oxygen atoms in total. The lowest BCUT2D eigenvalue weighted by molar-refractivity contribution is -0.132. The van der Waals surface area contributed by atoms with E-state index in [0.29, 0.717) is 23.5 Å². The Balaban J connectivity index is 1.61. The first-order valence-corrected chi connectivity index (χ1v) is 9.43. The fourth-order valence-electron chi connectivity index (χ4n) is 3.23. The fourth-order valence-corrected chi connectivity index (χ4v) is 3.23. The molecule has 0 saturated carbocycles. The molecule has 30 heavy (non-hydrogen) atoms. The molecule has 2 atom stereocenters. The number of nitrogens with zero attached hydrogens (tertiary/aromatic N) is 2. The highest BCUT2D eigenvalue weighted by molar-refractivity contribution is 6.07. The van der Waals surface area contributed by atoms with Gasteiger partial charge in [-0.1, -0.05) is 24.3 Å². The van der Waals surface area contributed by atoms with E-state index in [1.807, 2.05) is 0 Å². The van der Waals surface area contributed by atoms with E-state index in [9.17, 15) is 14.7 Å². The van der Waals surface area contributed by atoms with E-state index in [2.05, 4.69) is 11.4 Å². The van der Waals surface area contributed by atoms with Gasteiger partial charge in [0, 0.05) is 0 Å². The van der Waals surface area contributed by atoms with Gasteiger partial charge in [-0.05, 0) is 42.3 Å². The van der Waals surface area contributed by atoms with Crippen LogP contribution in [-0.4, -0.2) is 48.3 Å². The average Bonchev–Trinajstić information content (AvgIpc) is 2.97. The van der Waals surface area contributed by atoms with Crippen molar-refractivity contribution >= 4 is 11.9 Å². The molecule has 0 spiro atoms. The molecular formula is C22H23N3O5. The van der Waals surface area contributed by atoms with Gasteiger partial charge in [0.15, 0.2) is 0 Å². The van der Waals surface area contributed by atoms with Crippen LogP contribution in [0, 0.1) is 11.3 Å². The summed E-state index contributed by atoms with van der Waals surface area (Å²) in [7, 11) is 1.55. The number of carbonyl (C=O) groups excluding carboxylic acids is 2. The second-order valence-corrected chi connectivity index (χ2v) is 7.14. The number of aliphatic hydroxyl groups is 1. The van der Waals surface area contributed by atoms with Gasteiger partial charge < -0.3 is 19.9 Å². The highest BCUT2D eigenvalue weighted by Crippen LogP contribution is 2.30. The van der Waals surface area contributed by atoms with Gasteiger partial charge in [0.25, 0.3) is 5.91 Å². The molecule has 1 aliphatic heterocycles. The third-order valence-electron chi connectivity index (χ3n) is 4.98. The van der Waals surface area contributed by atoms with Gasteiger partial charge in [-0.3, -0.25) is 9.69 Å². The van der Waals surface area contributed by atoms with Crippen LogP contribution in [0.5, 0.6) is 11.5 Å². The molecule has 1 saturated heterocycles. The van der Waals surface area contributed by atoms with Crippen molar-refractivity contribution in [3.05, 3.63) is 59.7 Å². The van der Waals surface area contributed by atoms with Crippen LogP contribution in [0.15, 0.2) is 48.5 Å². The predicted octanol–water partition coefficient (Wildman–Crippen LogP) is 1.97. The molecular weight excluding hydrogens is 386 g/mol. The first-order chi connectivity index (χ1) is 14.4. The van der Waals surface area contributed by atoms with E-state index < -0.39 is 23.6 Å². The zero-order chi connectivity index (χ0) is 21.7. The first kappa shape index (κ1) is 21.1. The van der Waals surface area contributed by atoms with Crippen LogP contribution in [0.2, 0.25) is 0 Å². The molecule has 1 fully saturated rings. The Morgan fingerprint density at radius 1 is 1.13 bits per heavy atom. The summed E-state index contributed by atoms with van der Waals surface area (Å²) in [6.07, 6.45) is -0.751. The maximum Gasteiger partial charge on any atom is 0.325 e. The number of benzene rings is 2. The molecule has 0 aromatic heterocycles. The number of amides is 3. The minimum absolute atomic E-state index is 0.0894. The number of rotatable bonds is 8. The zero-order valence-corrected chi connectivity index (χ0v) is 16.8. The molecule has 0 bridgehead atoms. The molecule has 0 radical (unpaired) electrons. The van der Waals surface area contributed by atoms with Crippen LogP contribution in [0.4, 0.5) is 4.79 Å². The first-order valence-electron chi connectivity index (χ1n) is 9.43. The average molecular weight is 409 g/mol. The molecule has 1 heterocycles. The number of hydrogen-bond acceptors (Lipinski definition) is 6. The summed E-state index contributed by atoms with van der Waals surface area (Å²) >= 11 is 0. The fraction of sp³-hybridized carbons (Fsp3) is 0.318. The van der Waals surface area contributed by atoms with Gasteiger partial charge in [0.2, 0.25) is 0 Å². The summed E-state index contributed by atoms with van der Waals surface area (Å²) in [5.74, 6) is 0.720. The minimum atomic E-state index is -1.22. The van der Waals surface area contributed by atoms with E-state index >= 15 is 0 Å². The number of nitriles is 1. The summed E-state index contributed by atoms with van der Waals surface area (Å²) in [4.78, 5) is 26.3. The van der Waals surface area contributed by atoms with Crippen molar-refractivity contribution in [3.8, 4) is 17.6 Å². The van der Waals surface area contributed by atoms with Gasteiger partial charge >= 0.3 is 6.03 Å². The smallest absolute Gasteiger partial charge is 0.325 e. The second kappa shape index (κ2) is 8.84. The number of methoxy groups -OCH3 is 1. The van der Waals surface area contributed by atoms with Crippen molar-refractivity contribution in [1.82, 2.24) is 10.2 Å². The summed E-state index contributed by atoms with van der Waals surface area (Å²) in [6.45, 7) is 1.34. The number of imide groups is 1. The Morgan fingerprint density at radius 3 is 2.37 bits per heavy atom. The Bertz CT molecular complexity index is 952. The Kier molecular flexibility index (Phi) is 6.23. The highest BCUT2D eigenvalue weighted by Gasteiger charge is 2.49. The van der Waals surface area contributed by atoms with Gasteiger partial charge in [0.05, 0.1) is 26.1 Å². The Hall–Kier alpha value is -3.57. The minimum Gasteiger partial charge on any atom is -0.497 e. The van der Waals surface area contributed by atoms with Gasteiger partial charge in [-0.2, -0.15) is 5.26 Å². The van der Waals surface area contributed by atoms with Crippen LogP contribution in [0.25, 0.3) is 0 Å². The number of ether oxygens (including phenoxy) is 2. The Morgan fingerprint density at radius 2 is 1.77 bits per heavy atom. The number of carbonyl (C=O) groups is 2. The van der Waals surface area contributed by atoms with Gasteiger partial charge in [-0.25, -0.2) is 4.79 Å². The quantitative estimate of drug-likeness (QED) is 0.645. The van der Waals surface area contributed by atoms with E-state index in [-0.39, 0.29) is 13.2 Å². The third kappa shape index (κ3) is 4.36. The summed E-state index contributed by atoms with van der Waals surface area (Å²) in [5.41, 5.74) is 0.260. The molecule has 3 amide bonds. The number of β-amino-alcohol motifs (C(OH)–C–C–N with tert-alkyl or cyclic N) is 1. The van der Waals surface area contributed by atoms with Crippen LogP contribution in [0.3, 0.4) is 0 Å². The molecule has 2 N–H and O–H groups in total. The van der Waals surface area contributed by atoms with E-state index in [4.69, 9.17) is 14.7 Å². The highest BCUT2D eigenvalue weighted by atomic mass is 16.5. The van der Waals surface area contributed by atoms with Crippen molar-refractivity contribution in [1.29, 1.82) is 5.26 Å². The van der Waals surface area contributed by atoms with Gasteiger partial charge in [0.1, 0.15) is 29.7 Å². The SMILES string of the molecule is COc1ccc([C@]2(C)NC(=O)N(C[C@@H](O)COc3ccc(CC#N)cc3)C2=O)cc1. The molecule has 1 aliphatic rings. The number of nitrogens with one attached hydrogen (secondary N) is 1. The van der Waals surface area contributed by atoms with Crippen LogP contribution < -0.4 is 14.8 Å².